The summed E-state index contributed by atoms with van der Waals surface area (Å²) in [5.41, 5.74) is -0.197. The molecule has 0 aliphatic rings. The molecule has 0 atom stereocenters. The molecule has 24 heavy (non-hydrogen) atoms. The Bertz CT molecular complexity index is 874. The fraction of sp³-hybridized carbons (Fsp3) is 0.235. The average molecular weight is 342 g/mol. The standard InChI is InChI=1S/C17H18N4O2S/c22-15(11-12-5-3-10-24-12)18-8-4-9-19-16-13-6-1-2-7-14(13)17(23)21-20-16/h1-3,5-7,10H,4,8-9,11H2,(H,18,22)(H,19,20)(H,21,23). The number of hydrogen-bond acceptors (Lipinski definition) is 5. The molecule has 2 heterocycles. The van der Waals surface area contributed by atoms with Crippen molar-refractivity contribution in [3.63, 3.8) is 0 Å². The Hall–Kier alpha value is -2.67. The SMILES string of the molecule is O=C(Cc1cccs1)NCCCNc1n[nH]c(=O)c2ccccc12. The van der Waals surface area contributed by atoms with Gasteiger partial charge in [-0.2, -0.15) is 5.10 Å². The highest BCUT2D eigenvalue weighted by atomic mass is 32.1. The van der Waals surface area contributed by atoms with Crippen LogP contribution in [0.15, 0.2) is 46.6 Å². The van der Waals surface area contributed by atoms with Gasteiger partial charge >= 0.3 is 0 Å². The molecule has 0 aliphatic heterocycles. The highest BCUT2D eigenvalue weighted by Crippen LogP contribution is 2.16. The van der Waals surface area contributed by atoms with Crippen LogP contribution in [0.25, 0.3) is 10.8 Å². The maximum Gasteiger partial charge on any atom is 0.272 e. The summed E-state index contributed by atoms with van der Waals surface area (Å²) in [6, 6.07) is 11.2. The zero-order valence-electron chi connectivity index (χ0n) is 13.0. The molecule has 2 aromatic heterocycles. The molecular formula is C17H18N4O2S. The third kappa shape index (κ3) is 3.99. The monoisotopic (exact) mass is 342 g/mol. The third-order valence-electron chi connectivity index (χ3n) is 3.58. The Morgan fingerprint density at radius 3 is 2.75 bits per heavy atom. The molecule has 1 aromatic carbocycles. The quantitative estimate of drug-likeness (QED) is 0.574. The minimum atomic E-state index is -0.197. The molecule has 6 nitrogen and oxygen atoms in total. The Labute approximate surface area is 142 Å². The van der Waals surface area contributed by atoms with Crippen molar-refractivity contribution in [3.05, 3.63) is 57.0 Å². The second-order valence-electron chi connectivity index (χ2n) is 5.33. The molecule has 0 aliphatic carbocycles. The number of aromatic amines is 1. The van der Waals surface area contributed by atoms with E-state index in [1.165, 1.54) is 0 Å². The summed E-state index contributed by atoms with van der Waals surface area (Å²) in [6.07, 6.45) is 1.20. The van der Waals surface area contributed by atoms with E-state index in [4.69, 9.17) is 0 Å². The summed E-state index contributed by atoms with van der Waals surface area (Å²) >= 11 is 1.58. The Balaban J connectivity index is 1.46. The second kappa shape index (κ2) is 7.74. The number of nitrogens with zero attached hydrogens (tertiary/aromatic N) is 1. The summed E-state index contributed by atoms with van der Waals surface area (Å²) < 4.78 is 0. The lowest BCUT2D eigenvalue weighted by molar-refractivity contribution is -0.120. The fourth-order valence-corrected chi connectivity index (χ4v) is 3.11. The van der Waals surface area contributed by atoms with Crippen molar-refractivity contribution in [2.24, 2.45) is 0 Å². The highest BCUT2D eigenvalue weighted by Gasteiger charge is 2.06. The Morgan fingerprint density at radius 2 is 1.96 bits per heavy atom. The van der Waals surface area contributed by atoms with Gasteiger partial charge in [0, 0.05) is 23.4 Å². The number of fused-ring (bicyclic) bond motifs is 1. The van der Waals surface area contributed by atoms with Crippen LogP contribution in [0.5, 0.6) is 0 Å². The predicted octanol–water partition coefficient (Wildman–Crippen LogP) is 2.15. The lowest BCUT2D eigenvalue weighted by Gasteiger charge is -2.08. The number of rotatable bonds is 7. The van der Waals surface area contributed by atoms with E-state index in [0.29, 0.717) is 30.7 Å². The summed E-state index contributed by atoms with van der Waals surface area (Å²) in [4.78, 5) is 24.6. The maximum atomic E-state index is 11.8. The molecular weight excluding hydrogens is 324 g/mol. The third-order valence-corrected chi connectivity index (χ3v) is 4.46. The van der Waals surface area contributed by atoms with Gasteiger partial charge in [-0.15, -0.1) is 11.3 Å². The van der Waals surface area contributed by atoms with Gasteiger partial charge in [0.1, 0.15) is 0 Å². The van der Waals surface area contributed by atoms with Crippen molar-refractivity contribution in [2.45, 2.75) is 12.8 Å². The molecule has 0 fully saturated rings. The summed E-state index contributed by atoms with van der Waals surface area (Å²) in [5, 5.41) is 16.0. The second-order valence-corrected chi connectivity index (χ2v) is 6.37. The number of aromatic nitrogens is 2. The van der Waals surface area contributed by atoms with Crippen molar-refractivity contribution < 1.29 is 4.79 Å². The molecule has 0 saturated heterocycles. The van der Waals surface area contributed by atoms with E-state index in [2.05, 4.69) is 20.8 Å². The molecule has 0 unspecified atom stereocenters. The van der Waals surface area contributed by atoms with Crippen LogP contribution in [0.2, 0.25) is 0 Å². The van der Waals surface area contributed by atoms with Crippen LogP contribution in [0.4, 0.5) is 5.82 Å². The first-order valence-electron chi connectivity index (χ1n) is 7.74. The number of carbonyl (C=O) groups is 1. The Kier molecular flexibility index (Phi) is 5.22. The van der Waals surface area contributed by atoms with Crippen LogP contribution in [0.3, 0.4) is 0 Å². The van der Waals surface area contributed by atoms with E-state index in [1.807, 2.05) is 35.7 Å². The van der Waals surface area contributed by atoms with E-state index in [1.54, 1.807) is 17.4 Å². The number of H-pyrrole nitrogens is 1. The first-order chi connectivity index (χ1) is 11.7. The molecule has 0 radical (unpaired) electrons. The van der Waals surface area contributed by atoms with Gasteiger partial charge in [0.15, 0.2) is 5.82 Å². The first kappa shape index (κ1) is 16.2. The molecule has 3 N–H and O–H groups in total. The lowest BCUT2D eigenvalue weighted by Crippen LogP contribution is -2.27. The van der Waals surface area contributed by atoms with Gasteiger partial charge in [-0.25, -0.2) is 5.10 Å². The molecule has 124 valence electrons. The average Bonchev–Trinajstić information content (AvgIpc) is 3.09. The van der Waals surface area contributed by atoms with Gasteiger partial charge < -0.3 is 10.6 Å². The molecule has 3 aromatic rings. The van der Waals surface area contributed by atoms with E-state index in [9.17, 15) is 9.59 Å². The number of carbonyl (C=O) groups excluding carboxylic acids is 1. The summed E-state index contributed by atoms with van der Waals surface area (Å²) in [6.45, 7) is 1.25. The molecule has 0 saturated carbocycles. The number of nitrogens with one attached hydrogen (secondary N) is 3. The van der Waals surface area contributed by atoms with Crippen LogP contribution < -0.4 is 16.2 Å². The smallest absolute Gasteiger partial charge is 0.272 e. The minimum Gasteiger partial charge on any atom is -0.368 e. The topological polar surface area (TPSA) is 86.9 Å². The number of hydrogen-bond donors (Lipinski definition) is 3. The molecule has 3 rings (SSSR count). The van der Waals surface area contributed by atoms with Crippen molar-refractivity contribution in [3.8, 4) is 0 Å². The summed E-state index contributed by atoms with van der Waals surface area (Å²) in [5.74, 6) is 0.681. The van der Waals surface area contributed by atoms with Crippen LogP contribution in [-0.2, 0) is 11.2 Å². The maximum absolute atomic E-state index is 11.8. The van der Waals surface area contributed by atoms with E-state index >= 15 is 0 Å². The van der Waals surface area contributed by atoms with Gasteiger partial charge in [-0.05, 0) is 23.9 Å². The number of benzene rings is 1. The molecule has 0 spiro atoms. The zero-order valence-corrected chi connectivity index (χ0v) is 13.9. The normalized spacial score (nSPS) is 10.7. The lowest BCUT2D eigenvalue weighted by atomic mass is 10.2. The summed E-state index contributed by atoms with van der Waals surface area (Å²) in [7, 11) is 0. The molecule has 0 bridgehead atoms. The number of anilines is 1. The van der Waals surface area contributed by atoms with Crippen molar-refractivity contribution in [1.29, 1.82) is 0 Å². The van der Waals surface area contributed by atoms with Crippen molar-refractivity contribution in [1.82, 2.24) is 15.5 Å². The number of thiophene rings is 1. The molecule has 7 heteroatoms. The van der Waals surface area contributed by atoms with Gasteiger partial charge in [0.25, 0.3) is 5.56 Å². The highest BCUT2D eigenvalue weighted by molar-refractivity contribution is 7.10. The van der Waals surface area contributed by atoms with E-state index < -0.39 is 0 Å². The number of amides is 1. The van der Waals surface area contributed by atoms with Crippen LogP contribution >= 0.6 is 11.3 Å². The Morgan fingerprint density at radius 1 is 1.12 bits per heavy atom. The van der Waals surface area contributed by atoms with Gasteiger partial charge in [-0.3, -0.25) is 9.59 Å². The van der Waals surface area contributed by atoms with E-state index in [-0.39, 0.29) is 11.5 Å². The van der Waals surface area contributed by atoms with Crippen molar-refractivity contribution in [2.75, 3.05) is 18.4 Å². The minimum absolute atomic E-state index is 0.0325. The van der Waals surface area contributed by atoms with Crippen molar-refractivity contribution >= 4 is 33.8 Å². The van der Waals surface area contributed by atoms with E-state index in [0.717, 1.165) is 16.7 Å². The fourth-order valence-electron chi connectivity index (χ4n) is 2.41. The van der Waals surface area contributed by atoms with Crippen LogP contribution in [0.1, 0.15) is 11.3 Å². The first-order valence-corrected chi connectivity index (χ1v) is 8.62. The van der Waals surface area contributed by atoms with Gasteiger partial charge in [-0.1, -0.05) is 24.3 Å². The van der Waals surface area contributed by atoms with Crippen LogP contribution in [-0.4, -0.2) is 29.2 Å². The predicted molar refractivity (Wildman–Crippen MR) is 96.5 cm³/mol. The molecule has 1 amide bonds. The largest absolute Gasteiger partial charge is 0.368 e. The van der Waals surface area contributed by atoms with Crippen LogP contribution in [0, 0.1) is 0 Å². The zero-order chi connectivity index (χ0) is 16.8. The van der Waals surface area contributed by atoms with Gasteiger partial charge in [0.05, 0.1) is 11.8 Å². The van der Waals surface area contributed by atoms with Gasteiger partial charge in [0.2, 0.25) is 5.91 Å².